The van der Waals surface area contributed by atoms with Crippen LogP contribution in [0.5, 0.6) is 0 Å². The summed E-state index contributed by atoms with van der Waals surface area (Å²) >= 11 is 0. The van der Waals surface area contributed by atoms with Crippen molar-refractivity contribution in [2.75, 3.05) is 0 Å². The Labute approximate surface area is 143 Å². The molecule has 2 rings (SSSR count). The number of carbonyl (C=O) groups is 2. The third-order valence-electron chi connectivity index (χ3n) is 3.13. The molecule has 2 aromatic rings. The SMILES string of the molecule is CC(=O)OC(NC(=O)OCc1ccccc1)c1cccc([N+](=O)[O-])c1. The molecular formula is C17H16N2O6. The molecule has 0 saturated heterocycles. The number of alkyl carbamates (subject to hydrolysis) is 1. The highest BCUT2D eigenvalue weighted by atomic mass is 16.6. The number of hydrogen-bond donors (Lipinski definition) is 1. The number of nitro groups is 1. The summed E-state index contributed by atoms with van der Waals surface area (Å²) in [5.41, 5.74) is 0.854. The van der Waals surface area contributed by atoms with Crippen LogP contribution in [0, 0.1) is 10.1 Å². The van der Waals surface area contributed by atoms with Gasteiger partial charge in [-0.3, -0.25) is 20.2 Å². The maximum Gasteiger partial charge on any atom is 0.410 e. The van der Waals surface area contributed by atoms with Crippen molar-refractivity contribution in [1.29, 1.82) is 0 Å². The van der Waals surface area contributed by atoms with Gasteiger partial charge in [0.2, 0.25) is 6.23 Å². The van der Waals surface area contributed by atoms with Gasteiger partial charge in [0.1, 0.15) is 6.61 Å². The first-order valence-corrected chi connectivity index (χ1v) is 7.34. The van der Waals surface area contributed by atoms with E-state index in [2.05, 4.69) is 5.32 Å². The van der Waals surface area contributed by atoms with Crippen molar-refractivity contribution >= 4 is 17.7 Å². The zero-order valence-corrected chi connectivity index (χ0v) is 13.4. The molecule has 0 fully saturated rings. The molecule has 0 aliphatic heterocycles. The summed E-state index contributed by atoms with van der Waals surface area (Å²) < 4.78 is 10.1. The van der Waals surface area contributed by atoms with Crippen LogP contribution in [0.3, 0.4) is 0 Å². The predicted molar refractivity (Wildman–Crippen MR) is 87.4 cm³/mol. The summed E-state index contributed by atoms with van der Waals surface area (Å²) in [5, 5.41) is 13.2. The fraction of sp³-hybridized carbons (Fsp3) is 0.176. The van der Waals surface area contributed by atoms with Gasteiger partial charge in [0, 0.05) is 24.6 Å². The van der Waals surface area contributed by atoms with Crippen LogP contribution < -0.4 is 5.32 Å². The van der Waals surface area contributed by atoms with Crippen LogP contribution in [0.25, 0.3) is 0 Å². The third-order valence-corrected chi connectivity index (χ3v) is 3.13. The van der Waals surface area contributed by atoms with Crippen molar-refractivity contribution in [1.82, 2.24) is 5.32 Å². The highest BCUT2D eigenvalue weighted by molar-refractivity contribution is 5.70. The van der Waals surface area contributed by atoms with E-state index in [0.717, 1.165) is 5.56 Å². The van der Waals surface area contributed by atoms with Crippen LogP contribution >= 0.6 is 0 Å². The lowest BCUT2D eigenvalue weighted by atomic mass is 10.2. The second kappa shape index (κ2) is 8.44. The molecule has 0 aliphatic carbocycles. The summed E-state index contributed by atoms with van der Waals surface area (Å²) in [5.74, 6) is -0.653. The van der Waals surface area contributed by atoms with Gasteiger partial charge in [-0.2, -0.15) is 0 Å². The Kier molecular flexibility index (Phi) is 6.05. The average Bonchev–Trinajstić information content (AvgIpc) is 2.60. The minimum Gasteiger partial charge on any atom is -0.445 e. The van der Waals surface area contributed by atoms with E-state index >= 15 is 0 Å². The van der Waals surface area contributed by atoms with Gasteiger partial charge in [0.25, 0.3) is 5.69 Å². The maximum atomic E-state index is 11.9. The molecule has 0 bridgehead atoms. The molecule has 0 spiro atoms. The number of esters is 1. The highest BCUT2D eigenvalue weighted by Gasteiger charge is 2.20. The van der Waals surface area contributed by atoms with Crippen LogP contribution in [0.1, 0.15) is 24.3 Å². The Bertz CT molecular complexity index is 763. The monoisotopic (exact) mass is 344 g/mol. The Hall–Kier alpha value is -3.42. The number of hydrogen-bond acceptors (Lipinski definition) is 6. The molecule has 1 N–H and O–H groups in total. The van der Waals surface area contributed by atoms with Gasteiger partial charge in [-0.25, -0.2) is 4.79 Å². The second-order valence-electron chi connectivity index (χ2n) is 5.05. The number of nitrogens with zero attached hydrogens (tertiary/aromatic N) is 1. The van der Waals surface area contributed by atoms with Crippen molar-refractivity contribution in [2.45, 2.75) is 19.8 Å². The van der Waals surface area contributed by atoms with Gasteiger partial charge < -0.3 is 9.47 Å². The van der Waals surface area contributed by atoms with E-state index in [1.807, 2.05) is 6.07 Å². The summed E-state index contributed by atoms with van der Waals surface area (Å²) in [4.78, 5) is 33.5. The molecule has 0 radical (unpaired) electrons. The first-order chi connectivity index (χ1) is 12.0. The normalized spacial score (nSPS) is 11.2. The number of nitro benzene ring substituents is 1. The lowest BCUT2D eigenvalue weighted by Gasteiger charge is -2.18. The third kappa shape index (κ3) is 5.61. The van der Waals surface area contributed by atoms with Crippen LogP contribution in [0.4, 0.5) is 10.5 Å². The topological polar surface area (TPSA) is 108 Å². The maximum absolute atomic E-state index is 11.9. The molecule has 25 heavy (non-hydrogen) atoms. The minimum atomic E-state index is -1.19. The smallest absolute Gasteiger partial charge is 0.410 e. The molecule has 0 heterocycles. The zero-order valence-electron chi connectivity index (χ0n) is 13.4. The molecule has 0 saturated carbocycles. The van der Waals surface area contributed by atoms with Crippen LogP contribution in [-0.2, 0) is 20.9 Å². The summed E-state index contributed by atoms with van der Waals surface area (Å²) in [7, 11) is 0. The van der Waals surface area contributed by atoms with Crippen LogP contribution in [0.15, 0.2) is 54.6 Å². The first-order valence-electron chi connectivity index (χ1n) is 7.34. The Morgan fingerprint density at radius 2 is 1.88 bits per heavy atom. The number of non-ortho nitro benzene ring substituents is 1. The molecular weight excluding hydrogens is 328 g/mol. The molecule has 0 aliphatic rings. The quantitative estimate of drug-likeness (QED) is 0.373. The molecule has 1 unspecified atom stereocenters. The van der Waals surface area contributed by atoms with E-state index in [9.17, 15) is 19.7 Å². The van der Waals surface area contributed by atoms with E-state index < -0.39 is 23.2 Å². The van der Waals surface area contributed by atoms with Crippen molar-refractivity contribution in [3.8, 4) is 0 Å². The number of rotatable bonds is 6. The molecule has 8 heteroatoms. The van der Waals surface area contributed by atoms with Crippen molar-refractivity contribution in [2.24, 2.45) is 0 Å². The van der Waals surface area contributed by atoms with Gasteiger partial charge in [-0.05, 0) is 5.56 Å². The van der Waals surface area contributed by atoms with E-state index in [4.69, 9.17) is 9.47 Å². The van der Waals surface area contributed by atoms with E-state index in [1.54, 1.807) is 24.3 Å². The van der Waals surface area contributed by atoms with Crippen LogP contribution in [0.2, 0.25) is 0 Å². The number of ether oxygens (including phenoxy) is 2. The largest absolute Gasteiger partial charge is 0.445 e. The number of carbonyl (C=O) groups excluding carboxylic acids is 2. The van der Waals surface area contributed by atoms with Crippen LogP contribution in [-0.4, -0.2) is 17.0 Å². The molecule has 130 valence electrons. The summed E-state index contributed by atoms with van der Waals surface area (Å²) in [6.45, 7) is 1.20. The van der Waals surface area contributed by atoms with Crippen molar-refractivity contribution < 1.29 is 24.0 Å². The lowest BCUT2D eigenvalue weighted by molar-refractivity contribution is -0.385. The van der Waals surface area contributed by atoms with E-state index in [-0.39, 0.29) is 17.9 Å². The molecule has 1 amide bonds. The number of benzene rings is 2. The van der Waals surface area contributed by atoms with Gasteiger partial charge in [-0.15, -0.1) is 0 Å². The van der Waals surface area contributed by atoms with E-state index in [0.29, 0.717) is 0 Å². The number of amides is 1. The molecule has 1 atom stereocenters. The highest BCUT2D eigenvalue weighted by Crippen LogP contribution is 2.20. The second-order valence-corrected chi connectivity index (χ2v) is 5.05. The average molecular weight is 344 g/mol. The molecule has 0 aromatic heterocycles. The van der Waals surface area contributed by atoms with Gasteiger partial charge in [0.15, 0.2) is 0 Å². The fourth-order valence-electron chi connectivity index (χ4n) is 2.02. The van der Waals surface area contributed by atoms with Crippen molar-refractivity contribution in [3.05, 3.63) is 75.8 Å². The Morgan fingerprint density at radius 3 is 2.52 bits per heavy atom. The van der Waals surface area contributed by atoms with Gasteiger partial charge in [0.05, 0.1) is 4.92 Å². The summed E-state index contributed by atoms with van der Waals surface area (Å²) in [6.07, 6.45) is -2.01. The lowest BCUT2D eigenvalue weighted by Crippen LogP contribution is -2.31. The predicted octanol–water partition coefficient (Wildman–Crippen LogP) is 3.08. The van der Waals surface area contributed by atoms with E-state index in [1.165, 1.54) is 31.2 Å². The minimum absolute atomic E-state index is 0.0361. The zero-order chi connectivity index (χ0) is 18.2. The molecule has 8 nitrogen and oxygen atoms in total. The molecule has 2 aromatic carbocycles. The fourth-order valence-corrected chi connectivity index (χ4v) is 2.02. The number of nitrogens with one attached hydrogen (secondary N) is 1. The Morgan fingerprint density at radius 1 is 1.16 bits per heavy atom. The Balaban J connectivity index is 2.06. The summed E-state index contributed by atoms with van der Waals surface area (Å²) in [6, 6.07) is 14.5. The van der Waals surface area contributed by atoms with Gasteiger partial charge >= 0.3 is 12.1 Å². The standard InChI is InChI=1S/C17H16N2O6/c1-12(20)25-16(14-8-5-9-15(10-14)19(22)23)18-17(21)24-11-13-6-3-2-4-7-13/h2-10,16H,11H2,1H3,(H,18,21). The first kappa shape index (κ1) is 17.9. The van der Waals surface area contributed by atoms with Gasteiger partial charge in [-0.1, -0.05) is 42.5 Å². The van der Waals surface area contributed by atoms with Crippen molar-refractivity contribution in [3.63, 3.8) is 0 Å².